The van der Waals surface area contributed by atoms with E-state index >= 15 is 0 Å². The second kappa shape index (κ2) is 9.55. The monoisotopic (exact) mass is 407 g/mol. The molecule has 0 saturated heterocycles. The number of methoxy groups -OCH3 is 3. The van der Waals surface area contributed by atoms with Gasteiger partial charge in [0.1, 0.15) is 5.75 Å². The molecule has 0 aliphatic heterocycles. The summed E-state index contributed by atoms with van der Waals surface area (Å²) in [5.74, 6) is 1.93. The minimum atomic E-state index is -0.665. The molecule has 6 nitrogen and oxygen atoms in total. The summed E-state index contributed by atoms with van der Waals surface area (Å²) in [6, 6.07) is 7.22. The van der Waals surface area contributed by atoms with E-state index in [2.05, 4.69) is 5.32 Å². The first-order valence-corrected chi connectivity index (χ1v) is 9.18. The molecule has 1 N–H and O–H groups in total. The van der Waals surface area contributed by atoms with Gasteiger partial charge in [0, 0.05) is 11.6 Å². The Morgan fingerprint density at radius 3 is 2.00 bits per heavy atom. The zero-order chi connectivity index (χ0) is 20.8. The van der Waals surface area contributed by atoms with Crippen LogP contribution in [0.4, 0.5) is 0 Å². The summed E-state index contributed by atoms with van der Waals surface area (Å²) in [5, 5.41) is 3.56. The van der Waals surface area contributed by atoms with Gasteiger partial charge in [0.15, 0.2) is 17.6 Å². The van der Waals surface area contributed by atoms with Crippen LogP contribution in [0.25, 0.3) is 0 Å². The van der Waals surface area contributed by atoms with Crippen molar-refractivity contribution in [2.75, 3.05) is 21.3 Å². The van der Waals surface area contributed by atoms with E-state index in [9.17, 15) is 4.79 Å². The van der Waals surface area contributed by atoms with Crippen LogP contribution < -0.4 is 24.3 Å². The van der Waals surface area contributed by atoms with Gasteiger partial charge in [0.2, 0.25) is 5.75 Å². The predicted octanol–water partition coefficient (Wildman–Crippen LogP) is 4.07. The molecule has 0 bridgehead atoms. The lowest BCUT2D eigenvalue weighted by atomic mass is 10.1. The van der Waals surface area contributed by atoms with Crippen LogP contribution in [0.5, 0.6) is 23.0 Å². The zero-order valence-electron chi connectivity index (χ0n) is 17.0. The van der Waals surface area contributed by atoms with Crippen molar-refractivity contribution in [2.45, 2.75) is 33.4 Å². The molecule has 0 aromatic heterocycles. The molecule has 0 radical (unpaired) electrons. The van der Waals surface area contributed by atoms with Crippen molar-refractivity contribution in [1.82, 2.24) is 5.32 Å². The highest BCUT2D eigenvalue weighted by Gasteiger charge is 2.17. The normalized spacial score (nSPS) is 11.5. The van der Waals surface area contributed by atoms with Crippen LogP contribution in [0.3, 0.4) is 0 Å². The molecule has 0 spiro atoms. The molecule has 0 aliphatic carbocycles. The average Bonchev–Trinajstić information content (AvgIpc) is 2.68. The third-order valence-corrected chi connectivity index (χ3v) is 4.88. The summed E-state index contributed by atoms with van der Waals surface area (Å²) >= 11 is 6.17. The first-order chi connectivity index (χ1) is 13.3. The van der Waals surface area contributed by atoms with Crippen molar-refractivity contribution in [3.05, 3.63) is 46.0 Å². The third-order valence-electron chi connectivity index (χ3n) is 4.28. The Hall–Kier alpha value is -2.60. The Morgan fingerprint density at radius 2 is 1.54 bits per heavy atom. The highest BCUT2D eigenvalue weighted by atomic mass is 35.5. The smallest absolute Gasteiger partial charge is 0.261 e. The van der Waals surface area contributed by atoms with E-state index in [4.69, 9.17) is 30.5 Å². The number of benzene rings is 2. The molecule has 2 aromatic carbocycles. The quantitative estimate of drug-likeness (QED) is 0.714. The van der Waals surface area contributed by atoms with Crippen molar-refractivity contribution < 1.29 is 23.7 Å². The Kier molecular flexibility index (Phi) is 7.40. The molecular weight excluding hydrogens is 382 g/mol. The van der Waals surface area contributed by atoms with Crippen LogP contribution in [0.2, 0.25) is 5.02 Å². The van der Waals surface area contributed by atoms with E-state index in [0.717, 1.165) is 16.7 Å². The summed E-state index contributed by atoms with van der Waals surface area (Å²) in [4.78, 5) is 12.4. The number of ether oxygens (including phenoxy) is 4. The second-order valence-corrected chi connectivity index (χ2v) is 6.76. The topological polar surface area (TPSA) is 66.0 Å². The van der Waals surface area contributed by atoms with E-state index < -0.39 is 6.10 Å². The van der Waals surface area contributed by atoms with E-state index in [-0.39, 0.29) is 5.91 Å². The Morgan fingerprint density at radius 1 is 1.00 bits per heavy atom. The second-order valence-electron chi connectivity index (χ2n) is 6.38. The SMILES string of the molecule is COc1cc(CNC(=O)C(C)Oc2cc(C)c(Cl)c(C)c2)cc(OC)c1OC. The van der Waals surface area contributed by atoms with Crippen molar-refractivity contribution >= 4 is 17.5 Å². The molecule has 0 heterocycles. The Balaban J connectivity index is 2.05. The van der Waals surface area contributed by atoms with Gasteiger partial charge in [-0.3, -0.25) is 4.79 Å². The lowest BCUT2D eigenvalue weighted by Gasteiger charge is -2.17. The van der Waals surface area contributed by atoms with Crippen LogP contribution in [0, 0.1) is 13.8 Å². The summed E-state index contributed by atoms with van der Waals surface area (Å²) < 4.78 is 21.7. The predicted molar refractivity (Wildman–Crippen MR) is 109 cm³/mol. The zero-order valence-corrected chi connectivity index (χ0v) is 17.8. The lowest BCUT2D eigenvalue weighted by Crippen LogP contribution is -2.35. The fraction of sp³-hybridized carbons (Fsp3) is 0.381. The summed E-state index contributed by atoms with van der Waals surface area (Å²) in [6.07, 6.45) is -0.665. The van der Waals surface area contributed by atoms with Crippen LogP contribution in [-0.2, 0) is 11.3 Å². The first-order valence-electron chi connectivity index (χ1n) is 8.80. The maximum absolute atomic E-state index is 12.4. The number of amides is 1. The Labute approximate surface area is 170 Å². The number of rotatable bonds is 8. The molecule has 28 heavy (non-hydrogen) atoms. The summed E-state index contributed by atoms with van der Waals surface area (Å²) in [5.41, 5.74) is 2.62. The fourth-order valence-electron chi connectivity index (χ4n) is 2.80. The molecular formula is C21H26ClNO5. The number of hydrogen-bond donors (Lipinski definition) is 1. The van der Waals surface area contributed by atoms with Gasteiger partial charge in [0.05, 0.1) is 21.3 Å². The highest BCUT2D eigenvalue weighted by molar-refractivity contribution is 6.32. The minimum Gasteiger partial charge on any atom is -0.493 e. The first kappa shape index (κ1) is 21.7. The molecule has 1 amide bonds. The van der Waals surface area contributed by atoms with Gasteiger partial charge in [-0.15, -0.1) is 0 Å². The largest absolute Gasteiger partial charge is 0.493 e. The fourth-order valence-corrected chi connectivity index (χ4v) is 2.91. The molecule has 0 saturated carbocycles. The molecule has 2 aromatic rings. The summed E-state index contributed by atoms with van der Waals surface area (Å²) in [6.45, 7) is 5.79. The van der Waals surface area contributed by atoms with Crippen LogP contribution in [0.15, 0.2) is 24.3 Å². The maximum atomic E-state index is 12.4. The van der Waals surface area contributed by atoms with Gasteiger partial charge < -0.3 is 24.3 Å². The van der Waals surface area contributed by atoms with Crippen LogP contribution in [0.1, 0.15) is 23.6 Å². The number of carbonyl (C=O) groups is 1. The van der Waals surface area contributed by atoms with E-state index in [1.807, 2.05) is 26.0 Å². The Bertz CT molecular complexity index is 805. The van der Waals surface area contributed by atoms with E-state index in [1.165, 1.54) is 0 Å². The third kappa shape index (κ3) is 5.01. The van der Waals surface area contributed by atoms with Crippen LogP contribution in [-0.4, -0.2) is 33.3 Å². The number of carbonyl (C=O) groups excluding carboxylic acids is 1. The van der Waals surface area contributed by atoms with Gasteiger partial charge in [-0.05, 0) is 61.7 Å². The number of nitrogens with one attached hydrogen (secondary N) is 1. The maximum Gasteiger partial charge on any atom is 0.261 e. The molecule has 0 fully saturated rings. The number of halogens is 1. The average molecular weight is 408 g/mol. The lowest BCUT2D eigenvalue weighted by molar-refractivity contribution is -0.127. The van der Waals surface area contributed by atoms with Crippen LogP contribution >= 0.6 is 11.6 Å². The molecule has 1 atom stereocenters. The highest BCUT2D eigenvalue weighted by Crippen LogP contribution is 2.38. The molecule has 1 unspecified atom stereocenters. The molecule has 0 aliphatic rings. The summed E-state index contributed by atoms with van der Waals surface area (Å²) in [7, 11) is 4.64. The van der Waals surface area contributed by atoms with Crippen molar-refractivity contribution in [1.29, 1.82) is 0 Å². The molecule has 7 heteroatoms. The van der Waals surface area contributed by atoms with E-state index in [1.54, 1.807) is 40.4 Å². The van der Waals surface area contributed by atoms with Gasteiger partial charge >= 0.3 is 0 Å². The molecule has 152 valence electrons. The van der Waals surface area contributed by atoms with Gasteiger partial charge in [-0.2, -0.15) is 0 Å². The van der Waals surface area contributed by atoms with Gasteiger partial charge in [-0.1, -0.05) is 11.6 Å². The number of aryl methyl sites for hydroxylation is 2. The minimum absolute atomic E-state index is 0.237. The number of hydrogen-bond acceptors (Lipinski definition) is 5. The van der Waals surface area contributed by atoms with Gasteiger partial charge in [0.25, 0.3) is 5.91 Å². The standard InChI is InChI=1S/C21H26ClNO5/c1-12-7-16(8-13(2)19(12)22)28-14(3)21(24)23-11-15-9-17(25-4)20(27-6)18(10-15)26-5/h7-10,14H,11H2,1-6H3,(H,23,24). The van der Waals surface area contributed by atoms with Crippen molar-refractivity contribution in [3.8, 4) is 23.0 Å². The van der Waals surface area contributed by atoms with Crippen molar-refractivity contribution in [3.63, 3.8) is 0 Å². The molecule has 2 rings (SSSR count). The van der Waals surface area contributed by atoms with Gasteiger partial charge in [-0.25, -0.2) is 0 Å². The van der Waals surface area contributed by atoms with E-state index in [0.29, 0.717) is 34.6 Å². The van der Waals surface area contributed by atoms with Crippen molar-refractivity contribution in [2.24, 2.45) is 0 Å².